The van der Waals surface area contributed by atoms with Crippen molar-refractivity contribution in [3.8, 4) is 0 Å². The van der Waals surface area contributed by atoms with Gasteiger partial charge in [0.25, 0.3) is 5.91 Å². The molecule has 1 aromatic carbocycles. The number of benzene rings is 1. The van der Waals surface area contributed by atoms with E-state index in [0.717, 1.165) is 11.6 Å². The molecule has 1 saturated carbocycles. The smallest absolute Gasteiger partial charge is 0.355 e. The standard InChI is InChI=1S/C25H29ClF4N4O2/c1-31-23(36)16-7-6-15(19(26)12-16)11-17(34(2)3)14-33-21(35)13-18(22-20(27)5-4-10-32-22)24(8-9-24)25(28,29)30/h4-7,10,12,17-18H,8-9,11,13-14H2,1-3H3,(H,31,36)(H,33,35). The van der Waals surface area contributed by atoms with Gasteiger partial charge in [0.15, 0.2) is 0 Å². The summed E-state index contributed by atoms with van der Waals surface area (Å²) >= 11 is 6.36. The number of hydrogen-bond donors (Lipinski definition) is 2. The van der Waals surface area contributed by atoms with Gasteiger partial charge in [-0.3, -0.25) is 14.6 Å². The molecule has 11 heteroatoms. The molecule has 0 spiro atoms. The first-order valence-electron chi connectivity index (χ1n) is 11.5. The van der Waals surface area contributed by atoms with Crippen molar-refractivity contribution in [2.75, 3.05) is 27.7 Å². The van der Waals surface area contributed by atoms with Crippen molar-refractivity contribution in [2.45, 2.75) is 43.8 Å². The number of rotatable bonds is 10. The van der Waals surface area contributed by atoms with Crippen LogP contribution in [0.5, 0.6) is 0 Å². The van der Waals surface area contributed by atoms with Crippen molar-refractivity contribution in [1.82, 2.24) is 20.5 Å². The first-order valence-corrected chi connectivity index (χ1v) is 11.9. The molecule has 1 heterocycles. The molecule has 196 valence electrons. The SMILES string of the molecule is CNC(=O)c1ccc(CC(CNC(=O)CC(c2ncccc2F)C2(C(F)(F)F)CC2)N(C)C)c(Cl)c1. The average molecular weight is 529 g/mol. The van der Waals surface area contributed by atoms with Crippen LogP contribution in [0.3, 0.4) is 0 Å². The fraction of sp³-hybridized carbons (Fsp3) is 0.480. The molecular weight excluding hydrogens is 500 g/mol. The van der Waals surface area contributed by atoms with E-state index in [-0.39, 0.29) is 37.0 Å². The maximum absolute atomic E-state index is 14.4. The van der Waals surface area contributed by atoms with E-state index in [2.05, 4.69) is 15.6 Å². The van der Waals surface area contributed by atoms with Gasteiger partial charge in [-0.1, -0.05) is 17.7 Å². The number of likely N-dealkylation sites (N-methyl/N-ethyl adjacent to an activating group) is 1. The minimum Gasteiger partial charge on any atom is -0.355 e. The van der Waals surface area contributed by atoms with Gasteiger partial charge in [0, 0.05) is 48.8 Å². The average Bonchev–Trinajstić information content (AvgIpc) is 3.63. The Bertz CT molecular complexity index is 1110. The van der Waals surface area contributed by atoms with Gasteiger partial charge in [-0.25, -0.2) is 4.39 Å². The van der Waals surface area contributed by atoms with E-state index in [1.54, 1.807) is 32.3 Å². The van der Waals surface area contributed by atoms with Gasteiger partial charge in [-0.2, -0.15) is 13.2 Å². The number of pyridine rings is 1. The van der Waals surface area contributed by atoms with Crippen LogP contribution < -0.4 is 10.6 Å². The van der Waals surface area contributed by atoms with Crippen LogP contribution >= 0.6 is 11.6 Å². The third-order valence-electron chi connectivity index (χ3n) is 6.79. The summed E-state index contributed by atoms with van der Waals surface area (Å²) in [6.07, 6.45) is -3.80. The molecule has 0 bridgehead atoms. The van der Waals surface area contributed by atoms with Crippen molar-refractivity contribution in [3.05, 3.63) is 64.2 Å². The molecule has 0 radical (unpaired) electrons. The molecule has 36 heavy (non-hydrogen) atoms. The van der Waals surface area contributed by atoms with Gasteiger partial charge in [-0.05, 0) is 63.2 Å². The summed E-state index contributed by atoms with van der Waals surface area (Å²) in [6, 6.07) is 7.05. The molecule has 2 aromatic rings. The van der Waals surface area contributed by atoms with E-state index >= 15 is 0 Å². The Morgan fingerprint density at radius 2 is 1.92 bits per heavy atom. The number of amides is 2. The molecule has 2 N–H and O–H groups in total. The molecule has 3 rings (SSSR count). The molecule has 0 aliphatic heterocycles. The molecule has 2 atom stereocenters. The lowest BCUT2D eigenvalue weighted by molar-refractivity contribution is -0.195. The Hall–Kier alpha value is -2.72. The number of carbonyl (C=O) groups excluding carboxylic acids is 2. The zero-order chi connectivity index (χ0) is 26.7. The number of halogens is 5. The first kappa shape index (κ1) is 27.9. The van der Waals surface area contributed by atoms with E-state index in [9.17, 15) is 27.2 Å². The zero-order valence-corrected chi connectivity index (χ0v) is 21.0. The maximum atomic E-state index is 14.4. The van der Waals surface area contributed by atoms with Crippen LogP contribution in [0.4, 0.5) is 17.6 Å². The Morgan fingerprint density at radius 3 is 2.44 bits per heavy atom. The fourth-order valence-electron chi connectivity index (χ4n) is 4.35. The topological polar surface area (TPSA) is 74.3 Å². The second kappa shape index (κ2) is 11.1. The number of carbonyl (C=O) groups is 2. The summed E-state index contributed by atoms with van der Waals surface area (Å²) in [5.41, 5.74) is -1.33. The van der Waals surface area contributed by atoms with E-state index in [0.29, 0.717) is 17.0 Å². The highest BCUT2D eigenvalue weighted by Crippen LogP contribution is 2.66. The number of aromatic nitrogens is 1. The minimum absolute atomic E-state index is 0.135. The van der Waals surface area contributed by atoms with Crippen molar-refractivity contribution < 1.29 is 27.2 Å². The summed E-state index contributed by atoms with van der Waals surface area (Å²) in [6.45, 7) is 0.135. The second-order valence-electron chi connectivity index (χ2n) is 9.29. The summed E-state index contributed by atoms with van der Waals surface area (Å²) in [7, 11) is 5.12. The lowest BCUT2D eigenvalue weighted by atomic mass is 9.82. The van der Waals surface area contributed by atoms with Crippen molar-refractivity contribution in [3.63, 3.8) is 0 Å². The summed E-state index contributed by atoms with van der Waals surface area (Å²) in [5, 5.41) is 5.62. The monoisotopic (exact) mass is 528 g/mol. The van der Waals surface area contributed by atoms with Crippen LogP contribution in [0.15, 0.2) is 36.5 Å². The zero-order valence-electron chi connectivity index (χ0n) is 20.3. The molecule has 1 fully saturated rings. The molecule has 1 aliphatic rings. The summed E-state index contributed by atoms with van der Waals surface area (Å²) in [5.74, 6) is -3.16. The summed E-state index contributed by atoms with van der Waals surface area (Å²) < 4.78 is 56.1. The first-order chi connectivity index (χ1) is 16.9. The predicted octanol–water partition coefficient (Wildman–Crippen LogP) is 4.34. The fourth-order valence-corrected chi connectivity index (χ4v) is 4.61. The Balaban J connectivity index is 1.72. The van der Waals surface area contributed by atoms with Crippen LogP contribution in [0.25, 0.3) is 0 Å². The van der Waals surface area contributed by atoms with Gasteiger partial charge in [0.2, 0.25) is 5.91 Å². The van der Waals surface area contributed by atoms with Crippen LogP contribution in [-0.4, -0.2) is 61.6 Å². The van der Waals surface area contributed by atoms with Crippen molar-refractivity contribution >= 4 is 23.4 Å². The minimum atomic E-state index is -4.58. The molecule has 2 amide bonds. The largest absolute Gasteiger partial charge is 0.395 e. The highest BCUT2D eigenvalue weighted by molar-refractivity contribution is 6.31. The molecule has 6 nitrogen and oxygen atoms in total. The van der Waals surface area contributed by atoms with Gasteiger partial charge >= 0.3 is 6.18 Å². The van der Waals surface area contributed by atoms with Crippen molar-refractivity contribution in [2.24, 2.45) is 5.41 Å². The van der Waals surface area contributed by atoms with Crippen LogP contribution in [0.1, 0.15) is 46.8 Å². The number of nitrogens with zero attached hydrogens (tertiary/aromatic N) is 2. The van der Waals surface area contributed by atoms with E-state index in [4.69, 9.17) is 11.6 Å². The van der Waals surface area contributed by atoms with Crippen molar-refractivity contribution in [1.29, 1.82) is 0 Å². The maximum Gasteiger partial charge on any atom is 0.395 e. The number of nitrogens with one attached hydrogen (secondary N) is 2. The molecular formula is C25H29ClF4N4O2. The predicted molar refractivity (Wildman–Crippen MR) is 128 cm³/mol. The van der Waals surface area contributed by atoms with Gasteiger partial charge in [0.05, 0.1) is 11.1 Å². The second-order valence-corrected chi connectivity index (χ2v) is 9.70. The Kier molecular flexibility index (Phi) is 8.61. The number of hydrogen-bond acceptors (Lipinski definition) is 4. The quantitative estimate of drug-likeness (QED) is 0.450. The van der Waals surface area contributed by atoms with Crippen LogP contribution in [0, 0.1) is 11.2 Å². The summed E-state index contributed by atoms with van der Waals surface area (Å²) in [4.78, 5) is 30.3. The highest BCUT2D eigenvalue weighted by Gasteiger charge is 2.68. The Labute approximate surface area is 212 Å². The lowest BCUT2D eigenvalue weighted by Crippen LogP contribution is -2.43. The molecule has 1 aromatic heterocycles. The van der Waals surface area contributed by atoms with Gasteiger partial charge in [0.1, 0.15) is 5.82 Å². The highest BCUT2D eigenvalue weighted by atomic mass is 35.5. The van der Waals surface area contributed by atoms with Crippen LogP contribution in [-0.2, 0) is 11.2 Å². The Morgan fingerprint density at radius 1 is 1.22 bits per heavy atom. The van der Waals surface area contributed by atoms with Crippen LogP contribution in [0.2, 0.25) is 5.02 Å². The third-order valence-corrected chi connectivity index (χ3v) is 7.14. The molecule has 2 unspecified atom stereocenters. The normalized spacial score (nSPS) is 16.4. The van der Waals surface area contributed by atoms with E-state index < -0.39 is 35.7 Å². The van der Waals surface area contributed by atoms with Gasteiger partial charge < -0.3 is 15.5 Å². The van der Waals surface area contributed by atoms with Gasteiger partial charge in [-0.15, -0.1) is 0 Å². The molecule has 1 aliphatic carbocycles. The molecule has 0 saturated heterocycles. The number of alkyl halides is 3. The third kappa shape index (κ3) is 6.15. The lowest BCUT2D eigenvalue weighted by Gasteiger charge is -2.29. The van der Waals surface area contributed by atoms with E-state index in [1.807, 2.05) is 4.90 Å². The van der Waals surface area contributed by atoms with E-state index in [1.165, 1.54) is 19.3 Å².